The molecule has 4 nitrogen and oxygen atoms in total. The lowest BCUT2D eigenvalue weighted by molar-refractivity contribution is 0.652. The first-order valence-electron chi connectivity index (χ1n) is 21.2. The number of hydrogen-bond acceptors (Lipinski definition) is 4. The van der Waals surface area contributed by atoms with Gasteiger partial charge in [0.25, 0.3) is 0 Å². The number of rotatable bonds is 3. The fraction of sp³-hybridized carbons (Fsp3) is 0.143. The quantitative estimate of drug-likeness (QED) is 0.177. The molecule has 2 aliphatic heterocycles. The van der Waals surface area contributed by atoms with Crippen LogP contribution in [-0.4, -0.2) is 7.05 Å². The molecular formula is C56H46N4. The minimum atomic E-state index is -0.203. The predicted molar refractivity (Wildman–Crippen MR) is 252 cm³/mol. The second-order valence-corrected chi connectivity index (χ2v) is 18.0. The van der Waals surface area contributed by atoms with E-state index in [2.05, 4.69) is 231 Å². The van der Waals surface area contributed by atoms with Crippen LogP contribution in [0.15, 0.2) is 170 Å². The molecule has 0 N–H and O–H groups in total. The molecule has 0 atom stereocenters. The zero-order valence-electron chi connectivity index (χ0n) is 35.0. The van der Waals surface area contributed by atoms with E-state index in [1.165, 1.54) is 107 Å². The fourth-order valence-electron chi connectivity index (χ4n) is 11.0. The lowest BCUT2D eigenvalue weighted by atomic mass is 9.79. The summed E-state index contributed by atoms with van der Waals surface area (Å²) in [6.45, 7) is 12.0. The number of aryl methyl sites for hydroxylation is 1. The van der Waals surface area contributed by atoms with Gasteiger partial charge in [-0.05, 0) is 154 Å². The molecule has 2 heterocycles. The Morgan fingerprint density at radius 2 is 0.733 bits per heavy atom. The van der Waals surface area contributed by atoms with Crippen molar-refractivity contribution < 1.29 is 0 Å². The van der Waals surface area contributed by atoms with Crippen molar-refractivity contribution in [2.75, 3.05) is 26.6 Å². The zero-order chi connectivity index (χ0) is 40.7. The summed E-state index contributed by atoms with van der Waals surface area (Å²) >= 11 is 0. The number of hydrogen-bond donors (Lipinski definition) is 0. The van der Waals surface area contributed by atoms with Crippen molar-refractivity contribution in [2.24, 2.45) is 0 Å². The highest BCUT2D eigenvalue weighted by Gasteiger charge is 2.43. The van der Waals surface area contributed by atoms with Crippen LogP contribution in [0.5, 0.6) is 0 Å². The minimum absolute atomic E-state index is 0.187. The molecule has 0 fully saturated rings. The van der Waals surface area contributed by atoms with Crippen LogP contribution in [0, 0.1) is 6.92 Å². The molecule has 8 aromatic carbocycles. The maximum Gasteiger partial charge on any atom is 0.0703 e. The Kier molecular flexibility index (Phi) is 7.14. The third kappa shape index (κ3) is 4.62. The molecule has 0 spiro atoms. The lowest BCUT2D eigenvalue weighted by Crippen LogP contribution is -2.24. The van der Waals surface area contributed by atoms with Crippen LogP contribution >= 0.6 is 0 Å². The maximum absolute atomic E-state index is 2.55. The summed E-state index contributed by atoms with van der Waals surface area (Å²) in [5.41, 5.74) is 25.0. The number of benzene rings is 8. The summed E-state index contributed by atoms with van der Waals surface area (Å²) in [5, 5.41) is 0. The molecule has 8 aromatic rings. The molecule has 12 rings (SSSR count). The Labute approximate surface area is 353 Å². The molecule has 0 aromatic heterocycles. The van der Waals surface area contributed by atoms with Crippen molar-refractivity contribution in [2.45, 2.75) is 45.4 Å². The minimum Gasteiger partial charge on any atom is -0.341 e. The lowest BCUT2D eigenvalue weighted by Gasteiger charge is -2.40. The molecule has 0 saturated carbocycles. The molecule has 4 heteroatoms. The van der Waals surface area contributed by atoms with Crippen molar-refractivity contribution in [3.05, 3.63) is 198 Å². The highest BCUT2D eigenvalue weighted by molar-refractivity contribution is 6.03. The monoisotopic (exact) mass is 774 g/mol. The topological polar surface area (TPSA) is 13.0 Å². The molecule has 0 bridgehead atoms. The van der Waals surface area contributed by atoms with Gasteiger partial charge in [0.2, 0.25) is 0 Å². The van der Waals surface area contributed by atoms with E-state index in [1.54, 1.807) is 0 Å². The van der Waals surface area contributed by atoms with Crippen LogP contribution in [0.25, 0.3) is 22.3 Å². The number of nitrogens with zero attached hydrogens (tertiary/aromatic N) is 4. The van der Waals surface area contributed by atoms with Gasteiger partial charge in [-0.2, -0.15) is 0 Å². The van der Waals surface area contributed by atoms with Gasteiger partial charge in [0.05, 0.1) is 45.5 Å². The summed E-state index contributed by atoms with van der Waals surface area (Å²) in [7, 11) is 2.17. The Morgan fingerprint density at radius 3 is 1.30 bits per heavy atom. The molecule has 0 saturated heterocycles. The van der Waals surface area contributed by atoms with Crippen LogP contribution in [0.3, 0.4) is 0 Å². The van der Waals surface area contributed by atoms with E-state index in [0.29, 0.717) is 0 Å². The van der Waals surface area contributed by atoms with Gasteiger partial charge in [-0.3, -0.25) is 0 Å². The third-order valence-corrected chi connectivity index (χ3v) is 14.0. The summed E-state index contributed by atoms with van der Waals surface area (Å²) in [6, 6.07) is 63.1. The van der Waals surface area contributed by atoms with Crippen molar-refractivity contribution in [3.8, 4) is 22.3 Å². The smallest absolute Gasteiger partial charge is 0.0703 e. The Balaban J connectivity index is 0.974. The average molecular weight is 775 g/mol. The van der Waals surface area contributed by atoms with Gasteiger partial charge in [0.1, 0.15) is 0 Å². The van der Waals surface area contributed by atoms with Gasteiger partial charge in [-0.1, -0.05) is 100 Å². The first-order valence-corrected chi connectivity index (χ1v) is 21.2. The van der Waals surface area contributed by atoms with E-state index < -0.39 is 0 Å². The third-order valence-electron chi connectivity index (χ3n) is 14.0. The van der Waals surface area contributed by atoms with E-state index in [1.807, 2.05) is 0 Å². The first-order chi connectivity index (χ1) is 29.1. The molecule has 0 amide bonds. The first kappa shape index (κ1) is 35.0. The summed E-state index contributed by atoms with van der Waals surface area (Å²) in [6.07, 6.45) is 0. The van der Waals surface area contributed by atoms with Crippen LogP contribution < -0.4 is 19.6 Å². The van der Waals surface area contributed by atoms with Gasteiger partial charge in [0.15, 0.2) is 0 Å². The highest BCUT2D eigenvalue weighted by atomic mass is 15.3. The molecule has 60 heavy (non-hydrogen) atoms. The normalized spacial score (nSPS) is 15.6. The molecule has 0 unspecified atom stereocenters. The summed E-state index contributed by atoms with van der Waals surface area (Å²) in [4.78, 5) is 9.63. The van der Waals surface area contributed by atoms with E-state index in [9.17, 15) is 0 Å². The number of fused-ring (bicyclic) bond motifs is 10. The fourth-order valence-corrected chi connectivity index (χ4v) is 11.0. The van der Waals surface area contributed by atoms with Gasteiger partial charge < -0.3 is 19.6 Å². The van der Waals surface area contributed by atoms with E-state index in [-0.39, 0.29) is 10.8 Å². The Hall–Kier alpha value is -7.04. The molecule has 290 valence electrons. The maximum atomic E-state index is 2.55. The average Bonchev–Trinajstić information content (AvgIpc) is 3.63. The van der Waals surface area contributed by atoms with Gasteiger partial charge in [-0.25, -0.2) is 0 Å². The van der Waals surface area contributed by atoms with Gasteiger partial charge >= 0.3 is 0 Å². The molecule has 2 aliphatic carbocycles. The SMILES string of the molecule is Cc1cc(N2c3ccccc3N(c3ccccc3)c3ccccc32)cc2c1-c1cc3c(cc1C2(C)C)-c1ccc(N2c4ccccc4N(C)c4ccccc42)cc1C3(C)C. The summed E-state index contributed by atoms with van der Waals surface area (Å²) in [5.74, 6) is 0. The summed E-state index contributed by atoms with van der Waals surface area (Å²) < 4.78 is 0. The van der Waals surface area contributed by atoms with Gasteiger partial charge in [0, 0.05) is 34.9 Å². The van der Waals surface area contributed by atoms with E-state index in [4.69, 9.17) is 0 Å². The molecular weight excluding hydrogens is 729 g/mol. The molecule has 0 radical (unpaired) electrons. The van der Waals surface area contributed by atoms with Crippen molar-refractivity contribution in [1.82, 2.24) is 0 Å². The van der Waals surface area contributed by atoms with E-state index >= 15 is 0 Å². The van der Waals surface area contributed by atoms with Crippen molar-refractivity contribution in [1.29, 1.82) is 0 Å². The largest absolute Gasteiger partial charge is 0.341 e. The van der Waals surface area contributed by atoms with Gasteiger partial charge in [-0.15, -0.1) is 0 Å². The van der Waals surface area contributed by atoms with Crippen LogP contribution in [0.2, 0.25) is 0 Å². The zero-order valence-corrected chi connectivity index (χ0v) is 35.0. The van der Waals surface area contributed by atoms with Crippen LogP contribution in [0.4, 0.5) is 62.6 Å². The predicted octanol–water partition coefficient (Wildman–Crippen LogP) is 15.4. The van der Waals surface area contributed by atoms with Crippen LogP contribution in [0.1, 0.15) is 55.5 Å². The standard InChI is InChI=1S/C56H46N4/c1-35-30-38(60-52-26-16-14-24-50(52)58(36-18-8-7-9-19-36)51-25-15-17-27-53(51)60)32-45-54(35)41-34-43-40(33-44(41)56(45,4)5)39-29-28-37(31-42(39)55(43,2)3)59-48-22-12-10-20-46(48)57(6)47-21-11-13-23-49(47)59/h7-34H,1-6H3. The Morgan fingerprint density at radius 1 is 0.333 bits per heavy atom. The van der Waals surface area contributed by atoms with E-state index in [0.717, 1.165) is 5.69 Å². The second kappa shape index (κ2) is 12.2. The number of anilines is 11. The second-order valence-electron chi connectivity index (χ2n) is 18.0. The van der Waals surface area contributed by atoms with Crippen LogP contribution in [-0.2, 0) is 10.8 Å². The van der Waals surface area contributed by atoms with Crippen molar-refractivity contribution in [3.63, 3.8) is 0 Å². The Bertz CT molecular complexity index is 3010. The number of para-hydroxylation sites is 9. The van der Waals surface area contributed by atoms with Crippen molar-refractivity contribution >= 4 is 62.6 Å². The highest BCUT2D eigenvalue weighted by Crippen LogP contribution is 2.60. The molecule has 4 aliphatic rings.